The Bertz CT molecular complexity index is 178. The van der Waals surface area contributed by atoms with Crippen LogP contribution in [0, 0.1) is 0 Å². The van der Waals surface area contributed by atoms with Gasteiger partial charge in [0.15, 0.2) is 0 Å². The quantitative estimate of drug-likeness (QED) is 0.422. The second kappa shape index (κ2) is 5.27. The average molecular weight is 324 g/mol. The largest absolute Gasteiger partial charge is 0.314 e. The van der Waals surface area contributed by atoms with Gasteiger partial charge in [-0.25, -0.2) is 0 Å². The van der Waals surface area contributed by atoms with Crippen LogP contribution in [0.2, 0.25) is 0 Å². The Morgan fingerprint density at radius 2 is 1.20 bits per heavy atom. The smallest absolute Gasteiger partial charge is 0.124 e. The summed E-state index contributed by atoms with van der Waals surface area (Å²) in [5.41, 5.74) is 0. The first-order valence-electron chi connectivity index (χ1n) is 5.82. The van der Waals surface area contributed by atoms with Crippen molar-refractivity contribution in [3.8, 4) is 0 Å². The molecule has 15 heavy (non-hydrogen) atoms. The molecule has 2 heterocycles. The summed E-state index contributed by atoms with van der Waals surface area (Å²) in [5, 5.41) is 6.83. The second-order valence-corrected chi connectivity index (χ2v) is 6.42. The van der Waals surface area contributed by atoms with Crippen LogP contribution in [-0.2, 0) is 0 Å². The van der Waals surface area contributed by atoms with E-state index >= 15 is 0 Å². The number of alkyl halides is 1. The Kier molecular flexibility index (Phi) is 4.23. The highest BCUT2D eigenvalue weighted by Crippen LogP contribution is 2.28. The van der Waals surface area contributed by atoms with Crippen molar-refractivity contribution in [3.63, 3.8) is 0 Å². The van der Waals surface area contributed by atoms with Crippen LogP contribution >= 0.6 is 22.6 Å². The maximum Gasteiger partial charge on any atom is 0.124 e. The normalized spacial score (nSPS) is 26.8. The molecule has 0 aromatic rings. The fourth-order valence-electron chi connectivity index (χ4n) is 2.35. The van der Waals surface area contributed by atoms with E-state index in [1.54, 1.807) is 0 Å². The van der Waals surface area contributed by atoms with Crippen LogP contribution in [0.25, 0.3) is 0 Å². The molecule has 88 valence electrons. The van der Waals surface area contributed by atoms with Crippen LogP contribution < -0.4 is 10.6 Å². The van der Waals surface area contributed by atoms with Crippen molar-refractivity contribution < 1.29 is 0 Å². The van der Waals surface area contributed by atoms with Gasteiger partial charge in [-0.1, -0.05) is 0 Å². The van der Waals surface area contributed by atoms with E-state index in [4.69, 9.17) is 0 Å². The zero-order valence-corrected chi connectivity index (χ0v) is 11.6. The van der Waals surface area contributed by atoms with Gasteiger partial charge in [-0.3, -0.25) is 9.80 Å². The first-order chi connectivity index (χ1) is 7.21. The van der Waals surface area contributed by atoms with Gasteiger partial charge in [0.1, 0.15) is 3.67 Å². The lowest BCUT2D eigenvalue weighted by Crippen LogP contribution is -2.62. The summed E-state index contributed by atoms with van der Waals surface area (Å²) in [6.45, 7) is 11.6. The fraction of sp³-hybridized carbons (Fsp3) is 1.00. The Morgan fingerprint density at radius 3 is 1.53 bits per heavy atom. The maximum absolute atomic E-state index is 3.41. The van der Waals surface area contributed by atoms with Gasteiger partial charge in [-0.2, -0.15) is 0 Å². The number of nitrogens with zero attached hydrogens (tertiary/aromatic N) is 2. The van der Waals surface area contributed by atoms with Gasteiger partial charge in [0, 0.05) is 52.4 Å². The Labute approximate surface area is 106 Å². The van der Waals surface area contributed by atoms with Gasteiger partial charge in [0.25, 0.3) is 0 Å². The summed E-state index contributed by atoms with van der Waals surface area (Å²) in [7, 11) is 0. The zero-order valence-electron chi connectivity index (χ0n) is 9.43. The molecule has 2 N–H and O–H groups in total. The topological polar surface area (TPSA) is 30.5 Å². The van der Waals surface area contributed by atoms with Gasteiger partial charge >= 0.3 is 0 Å². The molecule has 2 aliphatic rings. The summed E-state index contributed by atoms with van der Waals surface area (Å²) < 4.78 is 0.196. The van der Waals surface area contributed by atoms with Gasteiger partial charge in [0.05, 0.1) is 0 Å². The average Bonchev–Trinajstić information content (AvgIpc) is 2.31. The van der Waals surface area contributed by atoms with Crippen LogP contribution in [0.1, 0.15) is 6.92 Å². The Hall–Kier alpha value is 0.570. The summed E-state index contributed by atoms with van der Waals surface area (Å²) in [6.07, 6.45) is 0. The van der Waals surface area contributed by atoms with Crippen molar-refractivity contribution in [2.24, 2.45) is 0 Å². The predicted octanol–water partition coefficient (Wildman–Crippen LogP) is -0.0945. The molecule has 2 saturated heterocycles. The van der Waals surface area contributed by atoms with E-state index in [-0.39, 0.29) is 3.67 Å². The molecule has 0 spiro atoms. The van der Waals surface area contributed by atoms with Crippen molar-refractivity contribution >= 4 is 22.6 Å². The van der Waals surface area contributed by atoms with Crippen molar-refractivity contribution in [1.29, 1.82) is 0 Å². The Balaban J connectivity index is 1.96. The zero-order chi connectivity index (χ0) is 10.7. The van der Waals surface area contributed by atoms with Crippen LogP contribution in [0.5, 0.6) is 0 Å². The number of nitrogens with one attached hydrogen (secondary N) is 2. The molecule has 2 fully saturated rings. The number of hydrogen-bond donors (Lipinski definition) is 2. The molecule has 0 atom stereocenters. The number of piperazine rings is 2. The van der Waals surface area contributed by atoms with Crippen molar-refractivity contribution in [3.05, 3.63) is 0 Å². The van der Waals surface area contributed by atoms with Crippen LogP contribution in [0.4, 0.5) is 0 Å². The highest BCUT2D eigenvalue weighted by atomic mass is 127. The molecule has 0 bridgehead atoms. The molecule has 0 aromatic heterocycles. The van der Waals surface area contributed by atoms with Gasteiger partial charge in [-0.05, 0) is 29.5 Å². The number of halogens is 1. The molecule has 5 heteroatoms. The SMILES string of the molecule is CC(I)(N1CCNCC1)N1CCNCC1. The van der Waals surface area contributed by atoms with Gasteiger partial charge < -0.3 is 10.6 Å². The molecular weight excluding hydrogens is 303 g/mol. The molecule has 0 radical (unpaired) electrons. The highest BCUT2D eigenvalue weighted by molar-refractivity contribution is 14.1. The van der Waals surface area contributed by atoms with Gasteiger partial charge in [0.2, 0.25) is 0 Å². The molecule has 0 unspecified atom stereocenters. The van der Waals surface area contributed by atoms with E-state index in [9.17, 15) is 0 Å². The van der Waals surface area contributed by atoms with E-state index in [0.717, 1.165) is 26.2 Å². The highest BCUT2D eigenvalue weighted by Gasteiger charge is 2.36. The van der Waals surface area contributed by atoms with E-state index in [0.29, 0.717) is 0 Å². The molecule has 2 aliphatic heterocycles. The number of rotatable bonds is 2. The third-order valence-electron chi connectivity index (χ3n) is 3.39. The fourth-order valence-corrected chi connectivity index (χ4v) is 3.31. The summed E-state index contributed by atoms with van der Waals surface area (Å²) in [6, 6.07) is 0. The summed E-state index contributed by atoms with van der Waals surface area (Å²) >= 11 is 2.61. The summed E-state index contributed by atoms with van der Waals surface area (Å²) in [4.78, 5) is 5.19. The van der Waals surface area contributed by atoms with Crippen LogP contribution in [0.15, 0.2) is 0 Å². The summed E-state index contributed by atoms with van der Waals surface area (Å²) in [5.74, 6) is 0. The maximum atomic E-state index is 3.41. The third kappa shape index (κ3) is 2.82. The number of hydrogen-bond acceptors (Lipinski definition) is 4. The monoisotopic (exact) mass is 324 g/mol. The van der Waals surface area contributed by atoms with E-state index in [1.807, 2.05) is 0 Å². The second-order valence-electron chi connectivity index (χ2n) is 4.38. The van der Waals surface area contributed by atoms with Crippen molar-refractivity contribution in [2.45, 2.75) is 10.6 Å². The lowest BCUT2D eigenvalue weighted by Gasteiger charge is -2.48. The van der Waals surface area contributed by atoms with Crippen LogP contribution in [-0.4, -0.2) is 65.8 Å². The van der Waals surface area contributed by atoms with Crippen molar-refractivity contribution in [2.75, 3.05) is 52.4 Å². The van der Waals surface area contributed by atoms with E-state index in [1.165, 1.54) is 26.2 Å². The van der Waals surface area contributed by atoms with Gasteiger partial charge in [-0.15, -0.1) is 0 Å². The molecule has 0 saturated carbocycles. The molecular formula is C10H21IN4. The molecule has 2 rings (SSSR count). The minimum Gasteiger partial charge on any atom is -0.314 e. The molecule has 0 amide bonds. The molecule has 0 aromatic carbocycles. The van der Waals surface area contributed by atoms with E-state index in [2.05, 4.69) is 49.9 Å². The standard InChI is InChI=1S/C10H21IN4/c1-10(11,14-6-2-12-3-7-14)15-8-4-13-5-9-15/h12-13H,2-9H2,1H3. The minimum absolute atomic E-state index is 0.196. The Morgan fingerprint density at radius 1 is 0.867 bits per heavy atom. The predicted molar refractivity (Wildman–Crippen MR) is 71.3 cm³/mol. The molecule has 4 nitrogen and oxygen atoms in total. The third-order valence-corrected chi connectivity index (χ3v) is 4.75. The van der Waals surface area contributed by atoms with Crippen LogP contribution in [0.3, 0.4) is 0 Å². The lowest BCUT2D eigenvalue weighted by molar-refractivity contribution is 0.0246. The lowest BCUT2D eigenvalue weighted by atomic mass is 10.2. The molecule has 0 aliphatic carbocycles. The van der Waals surface area contributed by atoms with Crippen molar-refractivity contribution in [1.82, 2.24) is 20.4 Å². The minimum atomic E-state index is 0.196. The first kappa shape index (κ1) is 12.0. The first-order valence-corrected chi connectivity index (χ1v) is 6.89. The van der Waals surface area contributed by atoms with E-state index < -0.39 is 0 Å².